The maximum Gasteiger partial charge on any atom is 0.327 e. The molecule has 0 rings (SSSR count). The van der Waals surface area contributed by atoms with Crippen molar-refractivity contribution in [3.8, 4) is 0 Å². The summed E-state index contributed by atoms with van der Waals surface area (Å²) in [5, 5.41) is 18.5. The van der Waals surface area contributed by atoms with Gasteiger partial charge >= 0.3 is 7.60 Å². The third-order valence-electron chi connectivity index (χ3n) is 1.78. The van der Waals surface area contributed by atoms with E-state index in [0.717, 1.165) is 6.66 Å². The molecule has 0 spiro atoms. The maximum atomic E-state index is 10.7. The Labute approximate surface area is 77.9 Å². The first-order valence-corrected chi connectivity index (χ1v) is 6.15. The summed E-state index contributed by atoms with van der Waals surface area (Å²) in [6, 6.07) is 0. The molecular formula is C7H17O5P. The Morgan fingerprint density at radius 1 is 1.46 bits per heavy atom. The largest absolute Gasteiger partial charge is 0.393 e. The van der Waals surface area contributed by atoms with Gasteiger partial charge in [0.15, 0.2) is 6.29 Å². The summed E-state index contributed by atoms with van der Waals surface area (Å²) in [6.07, 6.45) is -1.68. The Hall–Kier alpha value is 0.0700. The van der Waals surface area contributed by atoms with Crippen molar-refractivity contribution in [2.24, 2.45) is 5.92 Å². The molecule has 0 amide bonds. The monoisotopic (exact) mass is 212 g/mol. The Morgan fingerprint density at radius 3 is 2.23 bits per heavy atom. The van der Waals surface area contributed by atoms with Gasteiger partial charge in [0.25, 0.3) is 0 Å². The van der Waals surface area contributed by atoms with Crippen LogP contribution in [0.5, 0.6) is 0 Å². The highest BCUT2D eigenvalue weighted by Gasteiger charge is 2.26. The molecule has 80 valence electrons. The molecule has 1 unspecified atom stereocenters. The predicted molar refractivity (Wildman–Crippen MR) is 48.3 cm³/mol. The smallest absolute Gasteiger partial charge is 0.327 e. The predicted octanol–water partition coefficient (Wildman–Crippen LogP) is 0.544. The van der Waals surface area contributed by atoms with E-state index in [-0.39, 0.29) is 0 Å². The fourth-order valence-electron chi connectivity index (χ4n) is 0.858. The summed E-state index contributed by atoms with van der Waals surface area (Å²) in [7, 11) is -3.69. The van der Waals surface area contributed by atoms with Crippen molar-refractivity contribution in [3.63, 3.8) is 0 Å². The zero-order valence-electron chi connectivity index (χ0n) is 8.04. The van der Waals surface area contributed by atoms with Crippen LogP contribution in [0.4, 0.5) is 0 Å². The van der Waals surface area contributed by atoms with Crippen molar-refractivity contribution in [1.29, 1.82) is 0 Å². The molecule has 0 aromatic carbocycles. The van der Waals surface area contributed by atoms with Crippen LogP contribution in [-0.2, 0) is 9.09 Å². The fourth-order valence-corrected chi connectivity index (χ4v) is 1.45. The molecule has 13 heavy (non-hydrogen) atoms. The molecule has 0 saturated heterocycles. The van der Waals surface area contributed by atoms with Crippen LogP contribution in [0.1, 0.15) is 20.3 Å². The lowest BCUT2D eigenvalue weighted by atomic mass is 10.0. The topological polar surface area (TPSA) is 87.0 Å². The van der Waals surface area contributed by atoms with Crippen molar-refractivity contribution >= 4 is 7.60 Å². The van der Waals surface area contributed by atoms with E-state index < -0.39 is 25.9 Å². The van der Waals surface area contributed by atoms with Gasteiger partial charge in [0.1, 0.15) is 0 Å². The summed E-state index contributed by atoms with van der Waals surface area (Å²) in [5.41, 5.74) is 0. The Bertz CT molecular complexity index is 189. The lowest BCUT2D eigenvalue weighted by molar-refractivity contribution is -0.0971. The third kappa shape index (κ3) is 5.39. The van der Waals surface area contributed by atoms with E-state index >= 15 is 0 Å². The van der Waals surface area contributed by atoms with E-state index in [1.54, 1.807) is 13.8 Å². The first-order chi connectivity index (χ1) is 5.78. The molecule has 5 nitrogen and oxygen atoms in total. The summed E-state index contributed by atoms with van der Waals surface area (Å²) in [4.78, 5) is 8.78. The highest BCUT2D eigenvalue weighted by atomic mass is 31.2. The zero-order chi connectivity index (χ0) is 10.6. The summed E-state index contributed by atoms with van der Waals surface area (Å²) in [6.45, 7) is 4.29. The molecule has 0 aromatic heterocycles. The SMILES string of the molecule is CC[C@H](O)[C@@H](C)[C@@H](O)OP(C)(=O)O. The van der Waals surface area contributed by atoms with Crippen LogP contribution < -0.4 is 0 Å². The van der Waals surface area contributed by atoms with Gasteiger partial charge in [0.05, 0.1) is 6.10 Å². The van der Waals surface area contributed by atoms with Gasteiger partial charge in [-0.15, -0.1) is 0 Å². The second kappa shape index (κ2) is 5.08. The summed E-state index contributed by atoms with van der Waals surface area (Å²) in [5.74, 6) is -0.578. The zero-order valence-corrected chi connectivity index (χ0v) is 8.94. The molecule has 0 aliphatic carbocycles. The standard InChI is InChI=1S/C7H17O5P/c1-4-6(8)5(2)7(9)12-13(3,10)11/h5-9H,4H2,1-3H3,(H,10,11)/t5-,6+,7+/m1/s1. The summed E-state index contributed by atoms with van der Waals surface area (Å²) < 4.78 is 15.2. The van der Waals surface area contributed by atoms with Crippen molar-refractivity contribution < 1.29 is 24.2 Å². The molecule has 0 fully saturated rings. The maximum absolute atomic E-state index is 10.7. The number of hydrogen-bond donors (Lipinski definition) is 3. The van der Waals surface area contributed by atoms with Gasteiger partial charge in [-0.2, -0.15) is 0 Å². The number of hydrogen-bond acceptors (Lipinski definition) is 4. The Kier molecular flexibility index (Phi) is 5.10. The molecule has 3 N–H and O–H groups in total. The van der Waals surface area contributed by atoms with Gasteiger partial charge in [-0.05, 0) is 6.42 Å². The van der Waals surface area contributed by atoms with E-state index in [9.17, 15) is 14.8 Å². The van der Waals surface area contributed by atoms with E-state index in [1.807, 2.05) is 0 Å². The van der Waals surface area contributed by atoms with Crippen LogP contribution in [0.3, 0.4) is 0 Å². The average molecular weight is 212 g/mol. The number of aliphatic hydroxyl groups excluding tert-OH is 2. The minimum atomic E-state index is -3.69. The van der Waals surface area contributed by atoms with E-state index in [1.165, 1.54) is 0 Å². The molecular weight excluding hydrogens is 195 g/mol. The molecule has 0 saturated carbocycles. The average Bonchev–Trinajstić information content (AvgIpc) is 1.98. The molecule has 0 aliphatic rings. The first-order valence-electron chi connectivity index (χ1n) is 4.12. The van der Waals surface area contributed by atoms with Crippen LogP contribution >= 0.6 is 7.60 Å². The molecule has 0 heterocycles. The first kappa shape index (κ1) is 13.1. The fraction of sp³-hybridized carbons (Fsp3) is 1.00. The van der Waals surface area contributed by atoms with Gasteiger partial charge in [0, 0.05) is 12.6 Å². The molecule has 0 aromatic rings. The Morgan fingerprint density at radius 2 is 1.92 bits per heavy atom. The van der Waals surface area contributed by atoms with Crippen molar-refractivity contribution in [2.45, 2.75) is 32.7 Å². The normalized spacial score (nSPS) is 23.2. The van der Waals surface area contributed by atoms with Gasteiger partial charge in [-0.3, -0.25) is 9.09 Å². The van der Waals surface area contributed by atoms with Crippen LogP contribution in [0, 0.1) is 5.92 Å². The highest BCUT2D eigenvalue weighted by molar-refractivity contribution is 7.51. The minimum Gasteiger partial charge on any atom is -0.393 e. The lowest BCUT2D eigenvalue weighted by Gasteiger charge is -2.23. The highest BCUT2D eigenvalue weighted by Crippen LogP contribution is 2.39. The van der Waals surface area contributed by atoms with Gasteiger partial charge in [-0.25, -0.2) is 0 Å². The molecule has 0 aliphatic heterocycles. The van der Waals surface area contributed by atoms with Gasteiger partial charge < -0.3 is 15.1 Å². The van der Waals surface area contributed by atoms with Crippen molar-refractivity contribution in [2.75, 3.05) is 6.66 Å². The van der Waals surface area contributed by atoms with Crippen LogP contribution in [0.15, 0.2) is 0 Å². The lowest BCUT2D eigenvalue weighted by Crippen LogP contribution is -2.30. The van der Waals surface area contributed by atoms with E-state index in [4.69, 9.17) is 4.89 Å². The Balaban J connectivity index is 4.11. The molecule has 0 bridgehead atoms. The number of aliphatic hydroxyl groups is 2. The molecule has 0 radical (unpaired) electrons. The third-order valence-corrected chi connectivity index (χ3v) is 2.39. The van der Waals surface area contributed by atoms with Crippen molar-refractivity contribution in [3.05, 3.63) is 0 Å². The van der Waals surface area contributed by atoms with Crippen LogP contribution in [0.2, 0.25) is 0 Å². The molecule has 6 heteroatoms. The minimum absolute atomic E-state index is 0.459. The second-order valence-electron chi connectivity index (χ2n) is 3.13. The van der Waals surface area contributed by atoms with Crippen molar-refractivity contribution in [1.82, 2.24) is 0 Å². The second-order valence-corrected chi connectivity index (χ2v) is 4.95. The summed E-state index contributed by atoms with van der Waals surface area (Å²) >= 11 is 0. The van der Waals surface area contributed by atoms with Gasteiger partial charge in [-0.1, -0.05) is 13.8 Å². The van der Waals surface area contributed by atoms with Crippen LogP contribution in [0.25, 0.3) is 0 Å². The quantitative estimate of drug-likeness (QED) is 0.457. The number of rotatable bonds is 5. The van der Waals surface area contributed by atoms with E-state index in [0.29, 0.717) is 6.42 Å². The van der Waals surface area contributed by atoms with Gasteiger partial charge in [0.2, 0.25) is 0 Å². The molecule has 4 atom stereocenters. The van der Waals surface area contributed by atoms with E-state index in [2.05, 4.69) is 4.52 Å². The van der Waals surface area contributed by atoms with Crippen LogP contribution in [-0.4, -0.2) is 34.2 Å².